The van der Waals surface area contributed by atoms with Crippen LogP contribution in [0.5, 0.6) is 5.75 Å². The van der Waals surface area contributed by atoms with Crippen molar-refractivity contribution in [3.8, 4) is 5.75 Å². The van der Waals surface area contributed by atoms with Crippen LogP contribution in [-0.2, 0) is 0 Å². The van der Waals surface area contributed by atoms with Crippen LogP contribution in [0.2, 0.25) is 0 Å². The van der Waals surface area contributed by atoms with Gasteiger partial charge >= 0.3 is 0 Å². The quantitative estimate of drug-likeness (QED) is 0.862. The summed E-state index contributed by atoms with van der Waals surface area (Å²) in [6, 6.07) is 5.24. The van der Waals surface area contributed by atoms with E-state index in [1.807, 2.05) is 20.2 Å². The molecular weight excluding hydrogens is 243 g/mol. The van der Waals surface area contributed by atoms with Crippen LogP contribution in [0.25, 0.3) is 0 Å². The number of methoxy groups -OCH3 is 1. The normalized spacial score (nSPS) is 14.8. The summed E-state index contributed by atoms with van der Waals surface area (Å²) < 4.78 is 18.8. The number of hydrogen-bond acceptors (Lipinski definition) is 3. The molecule has 1 aromatic rings. The Morgan fingerprint density at radius 1 is 1.32 bits per heavy atom. The largest absolute Gasteiger partial charge is 0.494 e. The molecule has 0 heterocycles. The fraction of sp³-hybridized carbons (Fsp3) is 0.600. The van der Waals surface area contributed by atoms with Gasteiger partial charge in [0.2, 0.25) is 0 Å². The molecule has 0 aliphatic rings. The van der Waals surface area contributed by atoms with Crippen molar-refractivity contribution in [1.82, 2.24) is 4.90 Å². The molecule has 19 heavy (non-hydrogen) atoms. The third-order valence-corrected chi connectivity index (χ3v) is 3.61. The molecule has 0 aliphatic carbocycles. The van der Waals surface area contributed by atoms with E-state index in [0.29, 0.717) is 12.5 Å². The van der Waals surface area contributed by atoms with Gasteiger partial charge in [-0.3, -0.25) is 0 Å². The molecule has 3 nitrogen and oxygen atoms in total. The third-order valence-electron chi connectivity index (χ3n) is 3.61. The SMILES string of the molecule is COc1ccc(C(C(CN)C(C)C)N(C)C)cc1F. The lowest BCUT2D eigenvalue weighted by Gasteiger charge is -2.34. The Morgan fingerprint density at radius 2 is 1.95 bits per heavy atom. The molecule has 108 valence electrons. The van der Waals surface area contributed by atoms with Crippen molar-refractivity contribution in [1.29, 1.82) is 0 Å². The number of benzene rings is 1. The highest BCUT2D eigenvalue weighted by Crippen LogP contribution is 2.33. The van der Waals surface area contributed by atoms with Crippen molar-refractivity contribution in [2.24, 2.45) is 17.6 Å². The summed E-state index contributed by atoms with van der Waals surface area (Å²) in [6.45, 7) is 4.87. The van der Waals surface area contributed by atoms with Crippen molar-refractivity contribution in [3.05, 3.63) is 29.6 Å². The molecule has 0 bridgehead atoms. The van der Waals surface area contributed by atoms with Crippen molar-refractivity contribution in [2.45, 2.75) is 19.9 Å². The summed E-state index contributed by atoms with van der Waals surface area (Å²) in [4.78, 5) is 2.10. The molecular formula is C15H25FN2O. The zero-order valence-electron chi connectivity index (χ0n) is 12.5. The van der Waals surface area contributed by atoms with Crippen molar-refractivity contribution >= 4 is 0 Å². The molecule has 0 amide bonds. The molecule has 1 aromatic carbocycles. The first kappa shape index (κ1) is 15.9. The van der Waals surface area contributed by atoms with E-state index in [4.69, 9.17) is 10.5 Å². The molecule has 0 saturated heterocycles. The van der Waals surface area contributed by atoms with Gasteiger partial charge in [0, 0.05) is 6.04 Å². The van der Waals surface area contributed by atoms with Gasteiger partial charge in [-0.25, -0.2) is 4.39 Å². The number of ether oxygens (including phenoxy) is 1. The Hall–Kier alpha value is -1.13. The van der Waals surface area contributed by atoms with Gasteiger partial charge in [0.15, 0.2) is 11.6 Å². The van der Waals surface area contributed by atoms with Crippen molar-refractivity contribution in [3.63, 3.8) is 0 Å². The number of rotatable bonds is 6. The predicted octanol–water partition coefficient (Wildman–Crippen LogP) is 2.67. The summed E-state index contributed by atoms with van der Waals surface area (Å²) in [5, 5.41) is 0. The van der Waals surface area contributed by atoms with Crippen LogP contribution < -0.4 is 10.5 Å². The molecule has 0 radical (unpaired) electrons. The average Bonchev–Trinajstić information content (AvgIpc) is 2.34. The second-order valence-electron chi connectivity index (χ2n) is 5.45. The first-order valence-electron chi connectivity index (χ1n) is 6.62. The molecule has 0 saturated carbocycles. The predicted molar refractivity (Wildman–Crippen MR) is 76.8 cm³/mol. The summed E-state index contributed by atoms with van der Waals surface area (Å²) in [6.07, 6.45) is 0. The van der Waals surface area contributed by atoms with E-state index in [0.717, 1.165) is 5.56 Å². The van der Waals surface area contributed by atoms with Crippen LogP contribution in [0.1, 0.15) is 25.5 Å². The number of halogens is 1. The minimum absolute atomic E-state index is 0.102. The van der Waals surface area contributed by atoms with Gasteiger partial charge in [0.25, 0.3) is 0 Å². The molecule has 0 aromatic heterocycles. The molecule has 0 fully saturated rings. The van der Waals surface area contributed by atoms with E-state index in [1.165, 1.54) is 7.11 Å². The Balaban J connectivity index is 3.15. The Morgan fingerprint density at radius 3 is 2.32 bits per heavy atom. The minimum atomic E-state index is -0.327. The first-order chi connectivity index (χ1) is 8.92. The average molecular weight is 268 g/mol. The van der Waals surface area contributed by atoms with Gasteiger partial charge in [-0.1, -0.05) is 19.9 Å². The van der Waals surface area contributed by atoms with Crippen molar-refractivity contribution < 1.29 is 9.13 Å². The topological polar surface area (TPSA) is 38.5 Å². The monoisotopic (exact) mass is 268 g/mol. The second-order valence-corrected chi connectivity index (χ2v) is 5.45. The standard InChI is InChI=1S/C15H25FN2O/c1-10(2)12(9-17)15(18(3)4)11-6-7-14(19-5)13(16)8-11/h6-8,10,12,15H,9,17H2,1-5H3. The van der Waals surface area contributed by atoms with E-state index in [2.05, 4.69) is 18.7 Å². The van der Waals surface area contributed by atoms with Crippen LogP contribution in [0.3, 0.4) is 0 Å². The maximum absolute atomic E-state index is 13.9. The molecule has 0 aliphatic heterocycles. The lowest BCUT2D eigenvalue weighted by atomic mass is 9.84. The Kier molecular flexibility index (Phi) is 5.76. The Bertz CT molecular complexity index is 407. The highest BCUT2D eigenvalue weighted by atomic mass is 19.1. The van der Waals surface area contributed by atoms with E-state index in [1.54, 1.807) is 12.1 Å². The van der Waals surface area contributed by atoms with Gasteiger partial charge in [-0.15, -0.1) is 0 Å². The molecule has 4 heteroatoms. The van der Waals surface area contributed by atoms with Crippen LogP contribution >= 0.6 is 0 Å². The van der Waals surface area contributed by atoms with Gasteiger partial charge in [-0.2, -0.15) is 0 Å². The fourth-order valence-electron chi connectivity index (χ4n) is 2.56. The van der Waals surface area contributed by atoms with Gasteiger partial charge < -0.3 is 15.4 Å². The van der Waals surface area contributed by atoms with E-state index in [9.17, 15) is 4.39 Å². The molecule has 2 atom stereocenters. The summed E-state index contributed by atoms with van der Waals surface area (Å²) in [5.74, 6) is 0.659. The van der Waals surface area contributed by atoms with Gasteiger partial charge in [-0.05, 0) is 50.2 Å². The van der Waals surface area contributed by atoms with Crippen LogP contribution in [-0.4, -0.2) is 32.6 Å². The van der Waals surface area contributed by atoms with Crippen molar-refractivity contribution in [2.75, 3.05) is 27.7 Å². The van der Waals surface area contributed by atoms with Crippen LogP contribution in [0.15, 0.2) is 18.2 Å². The summed E-state index contributed by atoms with van der Waals surface area (Å²) in [5.41, 5.74) is 6.84. The van der Waals surface area contributed by atoms with E-state index in [-0.39, 0.29) is 23.5 Å². The zero-order valence-corrected chi connectivity index (χ0v) is 12.5. The lowest BCUT2D eigenvalue weighted by molar-refractivity contribution is 0.175. The molecule has 2 unspecified atom stereocenters. The first-order valence-corrected chi connectivity index (χ1v) is 6.62. The lowest BCUT2D eigenvalue weighted by Crippen LogP contribution is -2.35. The van der Waals surface area contributed by atoms with Gasteiger partial charge in [0.05, 0.1) is 7.11 Å². The molecule has 0 spiro atoms. The highest BCUT2D eigenvalue weighted by Gasteiger charge is 2.27. The van der Waals surface area contributed by atoms with E-state index >= 15 is 0 Å². The van der Waals surface area contributed by atoms with Crippen LogP contribution in [0.4, 0.5) is 4.39 Å². The maximum Gasteiger partial charge on any atom is 0.165 e. The number of nitrogens with two attached hydrogens (primary N) is 1. The van der Waals surface area contributed by atoms with Gasteiger partial charge in [0.1, 0.15) is 0 Å². The van der Waals surface area contributed by atoms with E-state index < -0.39 is 0 Å². The van der Waals surface area contributed by atoms with Crippen LogP contribution in [0, 0.1) is 17.7 Å². The summed E-state index contributed by atoms with van der Waals surface area (Å²) >= 11 is 0. The molecule has 2 N–H and O–H groups in total. The number of nitrogens with zero attached hydrogens (tertiary/aromatic N) is 1. The zero-order chi connectivity index (χ0) is 14.6. The second kappa shape index (κ2) is 6.87. The smallest absolute Gasteiger partial charge is 0.165 e. The summed E-state index contributed by atoms with van der Waals surface area (Å²) in [7, 11) is 5.47. The molecule has 1 rings (SSSR count). The Labute approximate surface area is 115 Å². The highest BCUT2D eigenvalue weighted by molar-refractivity contribution is 5.31. The minimum Gasteiger partial charge on any atom is -0.494 e. The fourth-order valence-corrected chi connectivity index (χ4v) is 2.56. The maximum atomic E-state index is 13.9. The number of hydrogen-bond donors (Lipinski definition) is 1. The third kappa shape index (κ3) is 3.67.